The molecule has 2 aromatic carbocycles. The van der Waals surface area contributed by atoms with Crippen LogP contribution in [0.15, 0.2) is 48.5 Å². The van der Waals surface area contributed by atoms with E-state index in [1.54, 1.807) is 12.1 Å². The number of nitrogens with one attached hydrogen (secondary N) is 2. The van der Waals surface area contributed by atoms with Crippen molar-refractivity contribution >= 4 is 22.9 Å². The lowest BCUT2D eigenvalue weighted by atomic mass is 10.1. The Hall–Kier alpha value is -3.39. The third kappa shape index (κ3) is 4.39. The number of amides is 1. The molecule has 2 aromatic heterocycles. The van der Waals surface area contributed by atoms with Crippen LogP contribution < -0.4 is 5.32 Å². The first kappa shape index (κ1) is 19.6. The van der Waals surface area contributed by atoms with E-state index >= 15 is 0 Å². The number of rotatable bonds is 6. The molecule has 0 unspecified atom stereocenters. The van der Waals surface area contributed by atoms with Crippen molar-refractivity contribution in [1.29, 1.82) is 0 Å². The van der Waals surface area contributed by atoms with E-state index in [0.29, 0.717) is 34.4 Å². The van der Waals surface area contributed by atoms with Crippen LogP contribution in [0.3, 0.4) is 0 Å². The van der Waals surface area contributed by atoms with Gasteiger partial charge >= 0.3 is 0 Å². The number of carbonyl (C=O) groups excluding carboxylic acids is 1. The molecule has 1 aliphatic rings. The fourth-order valence-corrected chi connectivity index (χ4v) is 4.38. The number of aromatic amines is 1. The van der Waals surface area contributed by atoms with E-state index in [0.717, 1.165) is 34.8 Å². The van der Waals surface area contributed by atoms with Crippen LogP contribution in [-0.4, -0.2) is 26.1 Å². The van der Waals surface area contributed by atoms with Gasteiger partial charge in [-0.15, -0.1) is 11.3 Å². The van der Waals surface area contributed by atoms with Crippen LogP contribution in [0.1, 0.15) is 50.5 Å². The molecule has 6 nitrogen and oxygen atoms in total. The predicted octanol–water partition coefficient (Wildman–Crippen LogP) is 5.10. The van der Waals surface area contributed by atoms with Gasteiger partial charge in [0.15, 0.2) is 5.82 Å². The predicted molar refractivity (Wildman–Crippen MR) is 118 cm³/mol. The van der Waals surface area contributed by atoms with Crippen LogP contribution in [0.2, 0.25) is 0 Å². The Morgan fingerprint density at radius 2 is 2.00 bits per heavy atom. The van der Waals surface area contributed by atoms with Gasteiger partial charge in [-0.25, -0.2) is 14.4 Å². The topological polar surface area (TPSA) is 83.6 Å². The normalized spacial score (nSPS) is 13.4. The van der Waals surface area contributed by atoms with Crippen LogP contribution in [0, 0.1) is 12.7 Å². The van der Waals surface area contributed by atoms with Crippen LogP contribution in [0.5, 0.6) is 0 Å². The monoisotopic (exact) mass is 433 g/mol. The lowest BCUT2D eigenvalue weighted by molar-refractivity contribution is 0.103. The molecule has 31 heavy (non-hydrogen) atoms. The molecule has 1 aliphatic carbocycles. The smallest absolute Gasteiger partial charge is 0.267 e. The summed E-state index contributed by atoms with van der Waals surface area (Å²) in [5, 5.41) is 11.1. The van der Waals surface area contributed by atoms with Crippen molar-refractivity contribution in [2.45, 2.75) is 32.1 Å². The second kappa shape index (κ2) is 8.03. The molecule has 156 valence electrons. The first-order valence-corrected chi connectivity index (χ1v) is 10.9. The molecular formula is C23H20FN5OS. The van der Waals surface area contributed by atoms with Crippen molar-refractivity contribution in [3.63, 3.8) is 0 Å². The average Bonchev–Trinajstić information content (AvgIpc) is 3.37. The molecule has 1 amide bonds. The number of aromatic nitrogens is 4. The van der Waals surface area contributed by atoms with E-state index in [-0.39, 0.29) is 11.7 Å². The summed E-state index contributed by atoms with van der Waals surface area (Å²) in [4.78, 5) is 22.5. The first-order chi connectivity index (χ1) is 15.0. The van der Waals surface area contributed by atoms with Crippen LogP contribution >= 0.6 is 11.3 Å². The minimum atomic E-state index is -0.268. The molecule has 0 saturated heterocycles. The molecule has 4 aromatic rings. The highest BCUT2D eigenvalue weighted by molar-refractivity contribution is 7.14. The van der Waals surface area contributed by atoms with Crippen molar-refractivity contribution in [3.05, 3.63) is 81.3 Å². The third-order valence-corrected chi connectivity index (χ3v) is 6.32. The number of nitrogens with zero attached hydrogens (tertiary/aromatic N) is 3. The molecule has 2 heterocycles. The molecular weight excluding hydrogens is 413 g/mol. The molecule has 8 heteroatoms. The number of hydrogen-bond donors (Lipinski definition) is 2. The summed E-state index contributed by atoms with van der Waals surface area (Å²) in [7, 11) is 0. The Morgan fingerprint density at radius 3 is 2.77 bits per heavy atom. The molecule has 0 spiro atoms. The molecule has 0 bridgehead atoms. The number of benzene rings is 2. The maximum atomic E-state index is 13.1. The van der Waals surface area contributed by atoms with Gasteiger partial charge in [0.1, 0.15) is 16.5 Å². The molecule has 5 rings (SSSR count). The number of halogens is 1. The Bertz CT molecular complexity index is 1240. The maximum absolute atomic E-state index is 13.1. The second-order valence-electron chi connectivity index (χ2n) is 7.68. The summed E-state index contributed by atoms with van der Waals surface area (Å²) in [6.45, 7) is 1.82. The summed E-state index contributed by atoms with van der Waals surface area (Å²) < 4.78 is 13.1. The van der Waals surface area contributed by atoms with Crippen molar-refractivity contribution < 1.29 is 9.18 Å². The van der Waals surface area contributed by atoms with Crippen molar-refractivity contribution in [1.82, 2.24) is 20.2 Å². The molecule has 1 saturated carbocycles. The highest BCUT2D eigenvalue weighted by Crippen LogP contribution is 2.38. The van der Waals surface area contributed by atoms with Gasteiger partial charge in [-0.2, -0.15) is 5.10 Å². The fourth-order valence-electron chi connectivity index (χ4n) is 3.38. The van der Waals surface area contributed by atoms with Crippen molar-refractivity contribution in [3.8, 4) is 11.4 Å². The van der Waals surface area contributed by atoms with E-state index in [9.17, 15) is 9.18 Å². The number of thiazole rings is 1. The van der Waals surface area contributed by atoms with E-state index in [1.165, 1.54) is 23.5 Å². The lowest BCUT2D eigenvalue weighted by Crippen LogP contribution is -2.11. The summed E-state index contributed by atoms with van der Waals surface area (Å²) in [5.41, 5.74) is 3.15. The third-order valence-electron chi connectivity index (χ3n) is 5.16. The largest absolute Gasteiger partial charge is 0.321 e. The van der Waals surface area contributed by atoms with Gasteiger partial charge in [-0.1, -0.05) is 24.3 Å². The van der Waals surface area contributed by atoms with Crippen molar-refractivity contribution in [2.24, 2.45) is 0 Å². The van der Waals surface area contributed by atoms with Gasteiger partial charge in [0.05, 0.1) is 10.7 Å². The number of carbonyl (C=O) groups is 1. The van der Waals surface area contributed by atoms with Crippen LogP contribution in [-0.2, 0) is 6.42 Å². The number of hydrogen-bond acceptors (Lipinski definition) is 5. The average molecular weight is 434 g/mol. The number of H-pyrrole nitrogens is 1. The van der Waals surface area contributed by atoms with Gasteiger partial charge in [-0.05, 0) is 49.6 Å². The van der Waals surface area contributed by atoms with E-state index in [2.05, 4.69) is 25.5 Å². The van der Waals surface area contributed by atoms with Gasteiger partial charge in [-0.3, -0.25) is 9.89 Å². The molecule has 0 atom stereocenters. The number of anilines is 1. The minimum Gasteiger partial charge on any atom is -0.321 e. The molecule has 1 fully saturated rings. The lowest BCUT2D eigenvalue weighted by Gasteiger charge is -2.05. The van der Waals surface area contributed by atoms with Crippen LogP contribution in [0.25, 0.3) is 11.4 Å². The van der Waals surface area contributed by atoms with E-state index in [4.69, 9.17) is 0 Å². The molecule has 2 N–H and O–H groups in total. The molecule has 0 aliphatic heterocycles. The zero-order valence-electron chi connectivity index (χ0n) is 16.9. The Kier molecular flexibility index (Phi) is 5.07. The van der Waals surface area contributed by atoms with E-state index < -0.39 is 0 Å². The SMILES string of the molecule is Cc1nc(Cc2ccc(F)cc2)sc1C(=O)Nc1cccc(-c2n[nH]c(C3CC3)n2)c1. The van der Waals surface area contributed by atoms with E-state index in [1.807, 2.05) is 31.2 Å². The number of aryl methyl sites for hydroxylation is 1. The summed E-state index contributed by atoms with van der Waals surface area (Å²) in [6, 6.07) is 13.8. The maximum Gasteiger partial charge on any atom is 0.267 e. The van der Waals surface area contributed by atoms with Gasteiger partial charge in [0.2, 0.25) is 0 Å². The zero-order chi connectivity index (χ0) is 21.4. The zero-order valence-corrected chi connectivity index (χ0v) is 17.7. The Balaban J connectivity index is 1.30. The van der Waals surface area contributed by atoms with Crippen molar-refractivity contribution in [2.75, 3.05) is 5.32 Å². The molecule has 0 radical (unpaired) electrons. The standard InChI is InChI=1S/C23H20FN5OS/c1-13-20(31-19(25-13)11-14-5-9-17(24)10-6-14)23(30)26-18-4-2-3-16(12-18)22-27-21(28-29-22)15-7-8-15/h2-6,9-10,12,15H,7-8,11H2,1H3,(H,26,30)(H,27,28,29). The summed E-state index contributed by atoms with van der Waals surface area (Å²) >= 11 is 1.35. The summed E-state index contributed by atoms with van der Waals surface area (Å²) in [5.74, 6) is 1.59. The minimum absolute atomic E-state index is 0.203. The summed E-state index contributed by atoms with van der Waals surface area (Å²) in [6.07, 6.45) is 2.87. The van der Waals surface area contributed by atoms with Gasteiger partial charge in [0.25, 0.3) is 5.91 Å². The Morgan fingerprint density at radius 1 is 1.19 bits per heavy atom. The second-order valence-corrected chi connectivity index (χ2v) is 8.76. The quantitative estimate of drug-likeness (QED) is 0.443. The highest BCUT2D eigenvalue weighted by Gasteiger charge is 2.27. The van der Waals surface area contributed by atoms with Crippen LogP contribution in [0.4, 0.5) is 10.1 Å². The van der Waals surface area contributed by atoms with Gasteiger partial charge in [0, 0.05) is 23.6 Å². The first-order valence-electron chi connectivity index (χ1n) is 10.1. The van der Waals surface area contributed by atoms with Gasteiger partial charge < -0.3 is 5.32 Å². The highest BCUT2D eigenvalue weighted by atomic mass is 32.1. The Labute approximate surface area is 182 Å². The fraction of sp³-hybridized carbons (Fsp3) is 0.217.